The predicted molar refractivity (Wildman–Crippen MR) is 98.0 cm³/mol. The normalized spacial score (nSPS) is 11.3. The van der Waals surface area contributed by atoms with Gasteiger partial charge in [-0.25, -0.2) is 8.42 Å². The summed E-state index contributed by atoms with van der Waals surface area (Å²) in [6.07, 6.45) is 0. The number of nitro groups is 1. The van der Waals surface area contributed by atoms with Crippen molar-refractivity contribution in [2.45, 2.75) is 4.90 Å². The molecule has 2 aromatic rings. The average molecular weight is 396 g/mol. The summed E-state index contributed by atoms with van der Waals surface area (Å²) in [6, 6.07) is 10.3. The van der Waals surface area contributed by atoms with Gasteiger partial charge < -0.3 is 14.2 Å². The molecule has 0 amide bonds. The quantitative estimate of drug-likeness (QED) is 0.473. The lowest BCUT2D eigenvalue weighted by Gasteiger charge is -2.19. The van der Waals surface area contributed by atoms with E-state index in [4.69, 9.17) is 14.2 Å². The summed E-state index contributed by atoms with van der Waals surface area (Å²) >= 11 is 0. The van der Waals surface area contributed by atoms with E-state index in [1.807, 2.05) is 0 Å². The molecule has 0 aliphatic heterocycles. The second kappa shape index (κ2) is 8.69. The number of methoxy groups -OCH3 is 2. The van der Waals surface area contributed by atoms with Crippen molar-refractivity contribution in [3.05, 3.63) is 52.6 Å². The van der Waals surface area contributed by atoms with Gasteiger partial charge in [0.1, 0.15) is 28.8 Å². The molecule has 0 aromatic heterocycles. The van der Waals surface area contributed by atoms with Crippen molar-refractivity contribution < 1.29 is 27.6 Å². The Hall–Kier alpha value is -2.85. The molecule has 0 saturated carbocycles. The van der Waals surface area contributed by atoms with E-state index in [9.17, 15) is 18.5 Å². The van der Waals surface area contributed by atoms with Crippen molar-refractivity contribution >= 4 is 15.7 Å². The molecular formula is C17H20N2O7S. The molecule has 0 N–H and O–H groups in total. The second-order valence-electron chi connectivity index (χ2n) is 5.44. The number of ether oxygens (including phenoxy) is 3. The Morgan fingerprint density at radius 3 is 2.22 bits per heavy atom. The minimum atomic E-state index is -4.00. The fourth-order valence-electron chi connectivity index (χ4n) is 2.23. The van der Waals surface area contributed by atoms with Gasteiger partial charge in [0.05, 0.1) is 19.1 Å². The highest BCUT2D eigenvalue weighted by molar-refractivity contribution is 7.89. The van der Waals surface area contributed by atoms with Crippen LogP contribution >= 0.6 is 0 Å². The number of sulfonamides is 1. The highest BCUT2D eigenvalue weighted by Crippen LogP contribution is 2.30. The number of non-ortho nitro benzene ring substituents is 1. The van der Waals surface area contributed by atoms with Gasteiger partial charge in [0.15, 0.2) is 0 Å². The van der Waals surface area contributed by atoms with Crippen LogP contribution in [0, 0.1) is 10.1 Å². The third-order valence-electron chi connectivity index (χ3n) is 3.78. The molecule has 0 spiro atoms. The van der Waals surface area contributed by atoms with E-state index < -0.39 is 14.9 Å². The number of likely N-dealkylation sites (N-methyl/N-ethyl adjacent to an activating group) is 1. The van der Waals surface area contributed by atoms with Crippen LogP contribution in [0.15, 0.2) is 47.4 Å². The number of rotatable bonds is 9. The Balaban J connectivity index is 2.11. The third kappa shape index (κ3) is 4.86. The van der Waals surface area contributed by atoms with Crippen LogP contribution in [0.3, 0.4) is 0 Å². The zero-order chi connectivity index (χ0) is 20.0. The van der Waals surface area contributed by atoms with Gasteiger partial charge >= 0.3 is 0 Å². The molecule has 0 bridgehead atoms. The molecule has 146 valence electrons. The van der Waals surface area contributed by atoms with Gasteiger partial charge in [-0.1, -0.05) is 0 Å². The number of nitrogens with zero attached hydrogens (tertiary/aromatic N) is 2. The van der Waals surface area contributed by atoms with Crippen LogP contribution in [0.5, 0.6) is 17.2 Å². The Morgan fingerprint density at radius 2 is 1.67 bits per heavy atom. The lowest BCUT2D eigenvalue weighted by Crippen LogP contribution is -2.31. The standard InChI is InChI=1S/C17H20N2O7S/c1-18(10-11-26-15-7-5-14(24-2)6-8-15)27(22,23)17-12-13(19(20)21)4-9-16(17)25-3/h4-9,12H,10-11H2,1-3H3. The third-order valence-corrected chi connectivity index (χ3v) is 5.66. The van der Waals surface area contributed by atoms with Gasteiger partial charge in [0, 0.05) is 25.7 Å². The number of hydrogen-bond acceptors (Lipinski definition) is 7. The molecule has 2 rings (SSSR count). The first kappa shape index (κ1) is 20.5. The topological polar surface area (TPSA) is 108 Å². The van der Waals surface area contributed by atoms with E-state index in [-0.39, 0.29) is 29.5 Å². The van der Waals surface area contributed by atoms with Crippen molar-refractivity contribution in [1.82, 2.24) is 4.31 Å². The van der Waals surface area contributed by atoms with Crippen LogP contribution < -0.4 is 14.2 Å². The smallest absolute Gasteiger partial charge is 0.271 e. The van der Waals surface area contributed by atoms with Gasteiger partial charge in [-0.3, -0.25) is 10.1 Å². The first-order valence-corrected chi connectivity index (χ1v) is 9.29. The van der Waals surface area contributed by atoms with E-state index in [0.717, 1.165) is 10.4 Å². The first-order chi connectivity index (χ1) is 12.8. The van der Waals surface area contributed by atoms with Gasteiger partial charge in [0.25, 0.3) is 5.69 Å². The number of hydrogen-bond donors (Lipinski definition) is 0. The van der Waals surface area contributed by atoms with E-state index in [1.165, 1.54) is 26.3 Å². The summed E-state index contributed by atoms with van der Waals surface area (Å²) in [4.78, 5) is 10.0. The maximum Gasteiger partial charge on any atom is 0.271 e. The summed E-state index contributed by atoms with van der Waals surface area (Å²) < 4.78 is 42.2. The van der Waals surface area contributed by atoms with Crippen LogP contribution in [-0.4, -0.2) is 52.1 Å². The van der Waals surface area contributed by atoms with Crippen molar-refractivity contribution in [2.75, 3.05) is 34.4 Å². The zero-order valence-electron chi connectivity index (χ0n) is 15.1. The summed E-state index contributed by atoms with van der Waals surface area (Å²) in [5.41, 5.74) is -0.336. The minimum Gasteiger partial charge on any atom is -0.497 e. The molecular weight excluding hydrogens is 376 g/mol. The van der Waals surface area contributed by atoms with Gasteiger partial charge in [0.2, 0.25) is 10.0 Å². The molecule has 0 aliphatic rings. The molecule has 0 atom stereocenters. The summed E-state index contributed by atoms with van der Waals surface area (Å²) in [5.74, 6) is 1.28. The molecule has 0 fully saturated rings. The average Bonchev–Trinajstić information content (AvgIpc) is 2.67. The molecule has 0 aliphatic carbocycles. The van der Waals surface area contributed by atoms with Crippen molar-refractivity contribution in [3.8, 4) is 17.2 Å². The fourth-order valence-corrected chi connectivity index (χ4v) is 3.56. The maximum atomic E-state index is 12.8. The summed E-state index contributed by atoms with van der Waals surface area (Å²) in [6.45, 7) is 0.138. The summed E-state index contributed by atoms with van der Waals surface area (Å²) in [7, 11) is 0.219. The van der Waals surface area contributed by atoms with Crippen molar-refractivity contribution in [2.24, 2.45) is 0 Å². The van der Waals surface area contributed by atoms with Crippen LogP contribution in [-0.2, 0) is 10.0 Å². The van der Waals surface area contributed by atoms with Crippen molar-refractivity contribution in [3.63, 3.8) is 0 Å². The molecule has 0 radical (unpaired) electrons. The highest BCUT2D eigenvalue weighted by atomic mass is 32.2. The molecule has 10 heteroatoms. The van der Waals surface area contributed by atoms with Gasteiger partial charge in [-0.05, 0) is 30.3 Å². The SMILES string of the molecule is COc1ccc(OCCN(C)S(=O)(=O)c2cc([N+](=O)[O-])ccc2OC)cc1. The van der Waals surface area contributed by atoms with Gasteiger partial charge in [-0.2, -0.15) is 4.31 Å². The lowest BCUT2D eigenvalue weighted by molar-refractivity contribution is -0.385. The molecule has 0 heterocycles. The largest absolute Gasteiger partial charge is 0.497 e. The van der Waals surface area contributed by atoms with Crippen LogP contribution in [0.2, 0.25) is 0 Å². The number of benzene rings is 2. The lowest BCUT2D eigenvalue weighted by atomic mass is 10.3. The number of nitro benzene ring substituents is 1. The van der Waals surface area contributed by atoms with Crippen LogP contribution in [0.1, 0.15) is 0 Å². The minimum absolute atomic E-state index is 0.0310. The molecule has 27 heavy (non-hydrogen) atoms. The van der Waals surface area contributed by atoms with E-state index in [1.54, 1.807) is 31.4 Å². The summed E-state index contributed by atoms with van der Waals surface area (Å²) in [5, 5.41) is 11.0. The second-order valence-corrected chi connectivity index (χ2v) is 7.46. The highest BCUT2D eigenvalue weighted by Gasteiger charge is 2.27. The predicted octanol–water partition coefficient (Wildman–Crippen LogP) is 2.31. The zero-order valence-corrected chi connectivity index (χ0v) is 15.9. The Labute approximate surface area is 157 Å². The van der Waals surface area contributed by atoms with E-state index in [2.05, 4.69) is 0 Å². The fraction of sp³-hybridized carbons (Fsp3) is 0.294. The molecule has 0 saturated heterocycles. The Morgan fingerprint density at radius 1 is 1.04 bits per heavy atom. The van der Waals surface area contributed by atoms with Crippen LogP contribution in [0.4, 0.5) is 5.69 Å². The molecule has 2 aromatic carbocycles. The van der Waals surface area contributed by atoms with Crippen molar-refractivity contribution in [1.29, 1.82) is 0 Å². The van der Waals surface area contributed by atoms with Crippen LogP contribution in [0.25, 0.3) is 0 Å². The maximum absolute atomic E-state index is 12.8. The first-order valence-electron chi connectivity index (χ1n) is 7.85. The molecule has 0 unspecified atom stereocenters. The van der Waals surface area contributed by atoms with E-state index in [0.29, 0.717) is 11.5 Å². The Bertz CT molecular complexity index is 898. The monoisotopic (exact) mass is 396 g/mol. The Kier molecular flexibility index (Phi) is 6.59. The van der Waals surface area contributed by atoms with E-state index >= 15 is 0 Å². The molecule has 9 nitrogen and oxygen atoms in total. The van der Waals surface area contributed by atoms with Gasteiger partial charge in [-0.15, -0.1) is 0 Å².